The summed E-state index contributed by atoms with van der Waals surface area (Å²) in [5.41, 5.74) is 1.26. The van der Waals surface area contributed by atoms with Crippen LogP contribution >= 0.6 is 0 Å². The van der Waals surface area contributed by atoms with Gasteiger partial charge in [0.15, 0.2) is 0 Å². The fourth-order valence-corrected chi connectivity index (χ4v) is 4.33. The summed E-state index contributed by atoms with van der Waals surface area (Å²) in [6.07, 6.45) is 2.24. The summed E-state index contributed by atoms with van der Waals surface area (Å²) in [4.78, 5) is 0.307. The average Bonchev–Trinajstić information content (AvgIpc) is 2.53. The molecule has 5 nitrogen and oxygen atoms in total. The first-order valence-electron chi connectivity index (χ1n) is 7.60. The smallest absolute Gasteiger partial charge is 0.261 e. The standard InChI is InChI=1S/C17H22N2O3S2/c1-4-13(2)14-9-11-15(12-10-14)24(21,22)19-16-7-5-6-8-17(16)23(3,18)20/h5-13,18-19H,4H2,1-3H3. The van der Waals surface area contributed by atoms with E-state index in [-0.39, 0.29) is 15.5 Å². The molecule has 2 aromatic rings. The second-order valence-corrected chi connectivity index (χ2v) is 9.63. The van der Waals surface area contributed by atoms with Crippen LogP contribution < -0.4 is 4.72 Å². The SMILES string of the molecule is CCC(C)c1ccc(S(=O)(=O)Nc2ccccc2S(C)(=N)=O)cc1. The Labute approximate surface area is 144 Å². The Balaban J connectivity index is 2.36. The topological polar surface area (TPSA) is 87.1 Å². The van der Waals surface area contributed by atoms with Crippen LogP contribution in [0.15, 0.2) is 58.3 Å². The summed E-state index contributed by atoms with van der Waals surface area (Å²) in [7, 11) is -6.84. The van der Waals surface area contributed by atoms with Crippen molar-refractivity contribution >= 4 is 25.4 Å². The van der Waals surface area contributed by atoms with Crippen LogP contribution in [0.25, 0.3) is 0 Å². The quantitative estimate of drug-likeness (QED) is 0.809. The molecule has 0 aliphatic carbocycles. The van der Waals surface area contributed by atoms with Gasteiger partial charge in [-0.2, -0.15) is 0 Å². The number of anilines is 1. The van der Waals surface area contributed by atoms with Gasteiger partial charge in [-0.25, -0.2) is 17.4 Å². The maximum Gasteiger partial charge on any atom is 0.261 e. The predicted molar refractivity (Wildman–Crippen MR) is 97.5 cm³/mol. The zero-order valence-electron chi connectivity index (χ0n) is 13.9. The molecule has 2 atom stereocenters. The Kier molecular flexibility index (Phi) is 5.35. The van der Waals surface area contributed by atoms with E-state index in [1.54, 1.807) is 24.3 Å². The van der Waals surface area contributed by atoms with Gasteiger partial charge in [0.1, 0.15) is 0 Å². The Morgan fingerprint density at radius 2 is 1.62 bits per heavy atom. The molecule has 0 amide bonds. The number of nitrogens with one attached hydrogen (secondary N) is 2. The van der Waals surface area contributed by atoms with Crippen LogP contribution in [0.3, 0.4) is 0 Å². The van der Waals surface area contributed by atoms with Crippen molar-refractivity contribution in [3.8, 4) is 0 Å². The largest absolute Gasteiger partial charge is 0.278 e. The molecule has 7 heteroatoms. The number of hydrogen-bond acceptors (Lipinski definition) is 4. The molecule has 0 heterocycles. The van der Waals surface area contributed by atoms with Gasteiger partial charge in [-0.05, 0) is 42.2 Å². The molecule has 0 aromatic heterocycles. The molecule has 24 heavy (non-hydrogen) atoms. The molecule has 0 aliphatic rings. The van der Waals surface area contributed by atoms with Crippen molar-refractivity contribution in [1.82, 2.24) is 0 Å². The van der Waals surface area contributed by atoms with E-state index in [4.69, 9.17) is 4.78 Å². The molecule has 0 saturated heterocycles. The van der Waals surface area contributed by atoms with E-state index < -0.39 is 19.8 Å². The molecule has 2 aromatic carbocycles. The van der Waals surface area contributed by atoms with Crippen LogP contribution in [0.2, 0.25) is 0 Å². The van der Waals surface area contributed by atoms with Gasteiger partial charge in [-0.15, -0.1) is 0 Å². The molecule has 0 fully saturated rings. The van der Waals surface area contributed by atoms with Gasteiger partial charge in [-0.3, -0.25) is 4.72 Å². The van der Waals surface area contributed by atoms with E-state index in [1.807, 2.05) is 12.1 Å². The van der Waals surface area contributed by atoms with Gasteiger partial charge in [0.25, 0.3) is 10.0 Å². The van der Waals surface area contributed by atoms with Crippen molar-refractivity contribution in [2.24, 2.45) is 0 Å². The molecule has 0 radical (unpaired) electrons. The van der Waals surface area contributed by atoms with Crippen LogP contribution in [-0.4, -0.2) is 18.9 Å². The van der Waals surface area contributed by atoms with Crippen LogP contribution in [0.1, 0.15) is 31.7 Å². The third-order valence-electron chi connectivity index (χ3n) is 3.92. The van der Waals surface area contributed by atoms with Gasteiger partial charge in [0.05, 0.1) is 25.2 Å². The first-order valence-corrected chi connectivity index (χ1v) is 11.1. The van der Waals surface area contributed by atoms with Gasteiger partial charge < -0.3 is 0 Å². The molecule has 2 rings (SSSR count). The Bertz CT molecular complexity index is 919. The molecule has 0 saturated carbocycles. The molecular weight excluding hydrogens is 344 g/mol. The highest BCUT2D eigenvalue weighted by atomic mass is 32.2. The number of hydrogen-bond donors (Lipinski definition) is 2. The Morgan fingerprint density at radius 1 is 1.04 bits per heavy atom. The minimum Gasteiger partial charge on any atom is -0.278 e. The number of para-hydroxylation sites is 1. The molecule has 130 valence electrons. The van der Waals surface area contributed by atoms with E-state index in [9.17, 15) is 12.6 Å². The average molecular weight is 367 g/mol. The fourth-order valence-electron chi connectivity index (χ4n) is 2.31. The first-order chi connectivity index (χ1) is 11.1. The predicted octanol–water partition coefficient (Wildman–Crippen LogP) is 4.04. The van der Waals surface area contributed by atoms with Crippen molar-refractivity contribution in [2.45, 2.75) is 36.0 Å². The van der Waals surface area contributed by atoms with Gasteiger partial charge in [0.2, 0.25) is 0 Å². The minimum absolute atomic E-state index is 0.136. The first kappa shape index (κ1) is 18.5. The highest BCUT2D eigenvalue weighted by Gasteiger charge is 2.18. The molecule has 2 N–H and O–H groups in total. The van der Waals surface area contributed by atoms with E-state index in [0.717, 1.165) is 12.0 Å². The van der Waals surface area contributed by atoms with Gasteiger partial charge in [-0.1, -0.05) is 38.1 Å². The van der Waals surface area contributed by atoms with Crippen LogP contribution in [0.5, 0.6) is 0 Å². The van der Waals surface area contributed by atoms with Gasteiger partial charge >= 0.3 is 0 Å². The highest BCUT2D eigenvalue weighted by Crippen LogP contribution is 2.25. The van der Waals surface area contributed by atoms with Crippen molar-refractivity contribution in [2.75, 3.05) is 11.0 Å². The highest BCUT2D eigenvalue weighted by molar-refractivity contribution is 7.93. The molecule has 0 bridgehead atoms. The summed E-state index contributed by atoms with van der Waals surface area (Å²) < 4.78 is 47.3. The van der Waals surface area contributed by atoms with E-state index in [0.29, 0.717) is 5.92 Å². The number of sulfonamides is 1. The summed E-state index contributed by atoms with van der Waals surface area (Å²) >= 11 is 0. The molecule has 0 aliphatic heterocycles. The van der Waals surface area contributed by atoms with Crippen molar-refractivity contribution in [1.29, 1.82) is 4.78 Å². The lowest BCUT2D eigenvalue weighted by Crippen LogP contribution is -2.15. The summed E-state index contributed by atoms with van der Waals surface area (Å²) in [5, 5.41) is 0. The molecule has 0 spiro atoms. The Morgan fingerprint density at radius 3 is 2.17 bits per heavy atom. The summed E-state index contributed by atoms with van der Waals surface area (Å²) in [6.45, 7) is 4.17. The zero-order chi connectivity index (χ0) is 18.0. The number of benzene rings is 2. The van der Waals surface area contributed by atoms with Crippen LogP contribution in [0.4, 0.5) is 5.69 Å². The lowest BCUT2D eigenvalue weighted by atomic mass is 9.99. The lowest BCUT2D eigenvalue weighted by Gasteiger charge is -2.14. The second kappa shape index (κ2) is 6.94. The number of rotatable bonds is 6. The van der Waals surface area contributed by atoms with Crippen molar-refractivity contribution < 1.29 is 12.6 Å². The van der Waals surface area contributed by atoms with E-state index in [1.165, 1.54) is 18.4 Å². The third kappa shape index (κ3) is 4.15. The Hall–Kier alpha value is -1.86. The normalized spacial score (nSPS) is 15.5. The van der Waals surface area contributed by atoms with E-state index in [2.05, 4.69) is 18.6 Å². The monoisotopic (exact) mass is 366 g/mol. The second-order valence-electron chi connectivity index (χ2n) is 5.82. The minimum atomic E-state index is -3.80. The summed E-state index contributed by atoms with van der Waals surface area (Å²) in [6, 6.07) is 13.0. The molecular formula is C17H22N2O3S2. The van der Waals surface area contributed by atoms with Crippen LogP contribution in [0, 0.1) is 4.78 Å². The summed E-state index contributed by atoms with van der Waals surface area (Å²) in [5.74, 6) is 0.364. The van der Waals surface area contributed by atoms with E-state index >= 15 is 0 Å². The maximum atomic E-state index is 12.6. The zero-order valence-corrected chi connectivity index (χ0v) is 15.6. The fraction of sp³-hybridized carbons (Fsp3) is 0.294. The molecule has 2 unspecified atom stereocenters. The van der Waals surface area contributed by atoms with Crippen molar-refractivity contribution in [3.05, 3.63) is 54.1 Å². The van der Waals surface area contributed by atoms with Crippen molar-refractivity contribution in [3.63, 3.8) is 0 Å². The van der Waals surface area contributed by atoms with Crippen LogP contribution in [-0.2, 0) is 19.8 Å². The lowest BCUT2D eigenvalue weighted by molar-refractivity contribution is 0.601. The van der Waals surface area contributed by atoms with Gasteiger partial charge in [0, 0.05) is 6.26 Å². The maximum absolute atomic E-state index is 12.6. The third-order valence-corrected chi connectivity index (χ3v) is 6.50.